The van der Waals surface area contributed by atoms with Crippen LogP contribution in [0.2, 0.25) is 0 Å². The summed E-state index contributed by atoms with van der Waals surface area (Å²) in [5, 5.41) is 10.3. The number of hydrogen-bond donors (Lipinski definition) is 1. The van der Waals surface area contributed by atoms with Gasteiger partial charge in [-0.3, -0.25) is 4.99 Å². The Morgan fingerprint density at radius 1 is 1.41 bits per heavy atom. The first-order valence-corrected chi connectivity index (χ1v) is 6.31. The van der Waals surface area contributed by atoms with Crippen molar-refractivity contribution >= 4 is 40.8 Å². The smallest absolute Gasteiger partial charge is 0.131 e. The van der Waals surface area contributed by atoms with Crippen LogP contribution < -0.4 is 0 Å². The van der Waals surface area contributed by atoms with Gasteiger partial charge in [0.25, 0.3) is 0 Å². The van der Waals surface area contributed by atoms with Crippen molar-refractivity contribution in [3.63, 3.8) is 0 Å². The molecule has 0 aliphatic rings. The maximum atomic E-state index is 9.91. The largest absolute Gasteiger partial charge is 0.507 e. The Balaban J connectivity index is 3.29. The molecule has 1 rings (SSSR count). The number of benzene rings is 1. The van der Waals surface area contributed by atoms with E-state index in [9.17, 15) is 5.11 Å². The second kappa shape index (κ2) is 5.15. The van der Waals surface area contributed by atoms with Crippen molar-refractivity contribution in [1.82, 2.24) is 0 Å². The van der Waals surface area contributed by atoms with E-state index in [1.165, 1.54) is 0 Å². The molecular weight excluding hydrogens is 254 g/mol. The Hall–Kier alpha value is -0.930. The predicted octanol–water partition coefficient (Wildman–Crippen LogP) is 4.82. The Morgan fingerprint density at radius 3 is 2.41 bits per heavy atom. The molecule has 0 spiro atoms. The summed E-state index contributed by atoms with van der Waals surface area (Å²) in [5.41, 5.74) is 1.24. The summed E-state index contributed by atoms with van der Waals surface area (Å²) >= 11 is 7.48. The average molecular weight is 270 g/mol. The zero-order valence-corrected chi connectivity index (χ0v) is 11.8. The third-order valence-electron chi connectivity index (χ3n) is 1.96. The lowest BCUT2D eigenvalue weighted by molar-refractivity contribution is 0.462. The van der Waals surface area contributed by atoms with E-state index in [1.807, 2.05) is 0 Å². The van der Waals surface area contributed by atoms with Crippen molar-refractivity contribution < 1.29 is 5.11 Å². The van der Waals surface area contributed by atoms with Crippen LogP contribution in [0.25, 0.3) is 5.03 Å². The van der Waals surface area contributed by atoms with E-state index in [1.54, 1.807) is 23.9 Å². The van der Waals surface area contributed by atoms with Crippen LogP contribution in [0.1, 0.15) is 26.3 Å². The first kappa shape index (κ1) is 14.1. The van der Waals surface area contributed by atoms with Crippen LogP contribution in [-0.4, -0.2) is 16.6 Å². The lowest BCUT2D eigenvalue weighted by Crippen LogP contribution is -2.06. The van der Waals surface area contributed by atoms with Crippen LogP contribution >= 0.6 is 23.4 Å². The number of nitrogens with zero attached hydrogens (tertiary/aromatic N) is 1. The molecule has 1 aromatic rings. The number of halogens is 1. The van der Waals surface area contributed by atoms with Crippen LogP contribution in [0.5, 0.6) is 5.75 Å². The van der Waals surface area contributed by atoms with Gasteiger partial charge in [0, 0.05) is 21.4 Å². The Kier molecular flexibility index (Phi) is 4.28. The highest BCUT2D eigenvalue weighted by Crippen LogP contribution is 2.42. The molecule has 0 amide bonds. The van der Waals surface area contributed by atoms with Gasteiger partial charge in [0.2, 0.25) is 0 Å². The molecule has 0 radical (unpaired) electrons. The maximum Gasteiger partial charge on any atom is 0.131 e. The molecule has 4 heteroatoms. The number of thioether (sulfide) groups is 1. The molecule has 0 bridgehead atoms. The fourth-order valence-electron chi connectivity index (χ4n) is 1.32. The van der Waals surface area contributed by atoms with Gasteiger partial charge in [-0.15, -0.1) is 11.8 Å². The normalized spacial score (nSPS) is 11.3. The van der Waals surface area contributed by atoms with Gasteiger partial charge < -0.3 is 5.11 Å². The van der Waals surface area contributed by atoms with E-state index in [-0.39, 0.29) is 10.5 Å². The van der Waals surface area contributed by atoms with Crippen LogP contribution in [0.3, 0.4) is 0 Å². The van der Waals surface area contributed by atoms with Crippen molar-refractivity contribution in [3.05, 3.63) is 24.3 Å². The first-order chi connectivity index (χ1) is 7.74. The molecule has 0 saturated heterocycles. The van der Waals surface area contributed by atoms with Gasteiger partial charge in [0.1, 0.15) is 5.75 Å². The number of aromatic hydroxyl groups is 1. The molecule has 0 unspecified atom stereocenters. The van der Waals surface area contributed by atoms with E-state index in [0.29, 0.717) is 16.3 Å². The van der Waals surface area contributed by atoms with E-state index >= 15 is 0 Å². The SMILES string of the molecule is C=Nc1cc(O)c(SC(C)(C)C)cc1C(=C)Cl. The van der Waals surface area contributed by atoms with Crippen molar-refractivity contribution in [3.8, 4) is 5.75 Å². The van der Waals surface area contributed by atoms with E-state index in [4.69, 9.17) is 11.6 Å². The van der Waals surface area contributed by atoms with Crippen LogP contribution in [-0.2, 0) is 0 Å². The van der Waals surface area contributed by atoms with Gasteiger partial charge in [0.05, 0.1) is 10.6 Å². The van der Waals surface area contributed by atoms with E-state index in [0.717, 1.165) is 4.90 Å². The maximum absolute atomic E-state index is 9.91. The second-order valence-electron chi connectivity index (χ2n) is 4.61. The van der Waals surface area contributed by atoms with E-state index in [2.05, 4.69) is 39.1 Å². The second-order valence-corrected chi connectivity index (χ2v) is 6.94. The quantitative estimate of drug-likeness (QED) is 0.630. The van der Waals surface area contributed by atoms with Crippen molar-refractivity contribution in [2.24, 2.45) is 4.99 Å². The molecule has 0 aliphatic carbocycles. The predicted molar refractivity (Wildman–Crippen MR) is 77.8 cm³/mol. The molecule has 0 heterocycles. The van der Waals surface area contributed by atoms with Crippen LogP contribution in [0, 0.1) is 0 Å². The summed E-state index contributed by atoms with van der Waals surface area (Å²) in [6, 6.07) is 3.36. The molecule has 0 saturated carbocycles. The van der Waals surface area contributed by atoms with Gasteiger partial charge >= 0.3 is 0 Å². The number of phenols is 1. The van der Waals surface area contributed by atoms with Crippen molar-refractivity contribution in [2.75, 3.05) is 0 Å². The molecule has 92 valence electrons. The number of aliphatic imine (C=N–C) groups is 1. The highest BCUT2D eigenvalue weighted by atomic mass is 35.5. The molecule has 0 aromatic heterocycles. The topological polar surface area (TPSA) is 32.6 Å². The summed E-state index contributed by atoms with van der Waals surface area (Å²) < 4.78 is 0.00548. The van der Waals surface area contributed by atoms with Crippen molar-refractivity contribution in [1.29, 1.82) is 0 Å². The lowest BCUT2D eigenvalue weighted by atomic mass is 10.1. The molecule has 2 nitrogen and oxygen atoms in total. The Bertz CT molecular complexity index is 463. The van der Waals surface area contributed by atoms with Gasteiger partial charge in [-0.2, -0.15) is 0 Å². The Morgan fingerprint density at radius 2 is 2.00 bits per heavy atom. The molecule has 1 aromatic carbocycles. The van der Waals surface area contributed by atoms with Gasteiger partial charge in [-0.25, -0.2) is 0 Å². The van der Waals surface area contributed by atoms with Gasteiger partial charge in [-0.05, 0) is 12.8 Å². The molecular formula is C13H16ClNOS. The summed E-state index contributed by atoms with van der Waals surface area (Å²) in [7, 11) is 0. The molecule has 0 fully saturated rings. The van der Waals surface area contributed by atoms with Crippen LogP contribution in [0.4, 0.5) is 5.69 Å². The first-order valence-electron chi connectivity index (χ1n) is 5.12. The van der Waals surface area contributed by atoms with Gasteiger partial charge in [-0.1, -0.05) is 39.0 Å². The summed E-state index contributed by atoms with van der Waals surface area (Å²) in [5.74, 6) is 0.189. The lowest BCUT2D eigenvalue weighted by Gasteiger charge is -2.19. The highest BCUT2D eigenvalue weighted by Gasteiger charge is 2.17. The van der Waals surface area contributed by atoms with Gasteiger partial charge in [0.15, 0.2) is 0 Å². The fourth-order valence-corrected chi connectivity index (χ4v) is 2.47. The monoisotopic (exact) mass is 269 g/mol. The molecule has 17 heavy (non-hydrogen) atoms. The van der Waals surface area contributed by atoms with Crippen molar-refractivity contribution in [2.45, 2.75) is 30.4 Å². The van der Waals surface area contributed by atoms with Crippen LogP contribution in [0.15, 0.2) is 28.6 Å². The summed E-state index contributed by atoms with van der Waals surface area (Å²) in [6.45, 7) is 13.4. The zero-order chi connectivity index (χ0) is 13.2. The summed E-state index contributed by atoms with van der Waals surface area (Å²) in [6.07, 6.45) is 0. The summed E-state index contributed by atoms with van der Waals surface area (Å²) in [4.78, 5) is 4.59. The standard InChI is InChI=1S/C13H16ClNOS/c1-8(14)9-6-12(17-13(2,3)4)11(16)7-10(9)15-5/h6-7,16H,1,5H2,2-4H3. The number of phenolic OH excluding ortho intramolecular Hbond substituents is 1. The third-order valence-corrected chi connectivity index (χ3v) is 3.32. The molecule has 0 aliphatic heterocycles. The number of rotatable bonds is 3. The zero-order valence-electron chi connectivity index (χ0n) is 10.2. The minimum Gasteiger partial charge on any atom is -0.507 e. The third kappa shape index (κ3) is 3.79. The van der Waals surface area contributed by atoms with E-state index < -0.39 is 0 Å². The molecule has 0 atom stereocenters. The number of hydrogen-bond acceptors (Lipinski definition) is 3. The Labute approximate surface area is 111 Å². The average Bonchev–Trinajstić information content (AvgIpc) is 2.18. The molecule has 1 N–H and O–H groups in total. The fraction of sp³-hybridized carbons (Fsp3) is 0.308. The minimum atomic E-state index is 0.00548. The minimum absolute atomic E-state index is 0.00548. The highest BCUT2D eigenvalue weighted by molar-refractivity contribution is 8.00.